The lowest BCUT2D eigenvalue weighted by molar-refractivity contribution is -0.384. The molecule has 0 aromatic heterocycles. The average molecular weight is 416 g/mol. The lowest BCUT2D eigenvalue weighted by Crippen LogP contribution is -2.35. The zero-order valence-corrected chi connectivity index (χ0v) is 16.3. The number of nitrogens with zero attached hydrogens (tertiary/aromatic N) is 1. The third kappa shape index (κ3) is 5.92. The molecule has 2 aromatic carbocycles. The van der Waals surface area contributed by atoms with Crippen molar-refractivity contribution in [1.29, 1.82) is 0 Å². The van der Waals surface area contributed by atoms with Gasteiger partial charge in [-0.3, -0.25) is 19.7 Å². The van der Waals surface area contributed by atoms with Crippen LogP contribution in [0.3, 0.4) is 0 Å². The Morgan fingerprint density at radius 1 is 1.13 bits per heavy atom. The maximum absolute atomic E-state index is 12.0. The van der Waals surface area contributed by atoms with E-state index in [2.05, 4.69) is 10.6 Å². The van der Waals surface area contributed by atoms with E-state index >= 15 is 0 Å². The fraction of sp³-hybridized carbons (Fsp3) is 0.211. The lowest BCUT2D eigenvalue weighted by Gasteiger charge is -2.11. The molecule has 158 valence electrons. The predicted octanol–water partition coefficient (Wildman–Crippen LogP) is 1.41. The summed E-state index contributed by atoms with van der Waals surface area (Å²) in [6, 6.07) is 8.52. The number of hydrogen-bond acceptors (Lipinski definition) is 8. The quantitative estimate of drug-likeness (QED) is 0.252. The normalized spacial score (nSPS) is 10.1. The van der Waals surface area contributed by atoms with Gasteiger partial charge in [-0.1, -0.05) is 6.07 Å². The molecule has 0 atom stereocenters. The van der Waals surface area contributed by atoms with E-state index in [0.29, 0.717) is 11.4 Å². The number of nitrogens with one attached hydrogen (secondary N) is 2. The number of nitrogens with two attached hydrogens (primary N) is 1. The number of methoxy groups -OCH3 is 1. The largest absolute Gasteiger partial charge is 0.495 e. The molecule has 0 aliphatic carbocycles. The van der Waals surface area contributed by atoms with Crippen LogP contribution in [0, 0.1) is 17.0 Å². The van der Waals surface area contributed by atoms with Crippen molar-refractivity contribution in [3.63, 3.8) is 0 Å². The van der Waals surface area contributed by atoms with Gasteiger partial charge in [0.1, 0.15) is 5.75 Å². The summed E-state index contributed by atoms with van der Waals surface area (Å²) in [7, 11) is 1.46. The third-order valence-electron chi connectivity index (χ3n) is 3.88. The molecule has 0 aliphatic heterocycles. The number of carbonyl (C=O) groups is 3. The molecule has 0 spiro atoms. The van der Waals surface area contributed by atoms with Gasteiger partial charge in [-0.2, -0.15) is 0 Å². The van der Waals surface area contributed by atoms with E-state index in [1.54, 1.807) is 12.1 Å². The predicted molar refractivity (Wildman–Crippen MR) is 107 cm³/mol. The Bertz CT molecular complexity index is 991. The van der Waals surface area contributed by atoms with Gasteiger partial charge in [-0.25, -0.2) is 4.79 Å². The van der Waals surface area contributed by atoms with Crippen LogP contribution in [0.2, 0.25) is 0 Å². The van der Waals surface area contributed by atoms with Gasteiger partial charge in [0.05, 0.1) is 29.8 Å². The van der Waals surface area contributed by atoms with Gasteiger partial charge in [-0.15, -0.1) is 0 Å². The summed E-state index contributed by atoms with van der Waals surface area (Å²) < 4.78 is 9.96. The highest BCUT2D eigenvalue weighted by molar-refractivity contribution is 5.98. The number of amides is 2. The van der Waals surface area contributed by atoms with E-state index in [1.165, 1.54) is 13.2 Å². The standard InChI is InChI=1S/C19H20N4O7/c1-11-3-6-16(29-2)15(7-11)22-17(24)9-21-18(25)10-30-19(26)13-8-12(23(27)28)4-5-14(13)20/h3-8H,9-10,20H2,1-2H3,(H,21,25)(H,22,24). The Labute approximate surface area is 171 Å². The Balaban J connectivity index is 1.86. The minimum atomic E-state index is -1.000. The number of carbonyl (C=O) groups excluding carboxylic acids is 3. The molecule has 0 fully saturated rings. The lowest BCUT2D eigenvalue weighted by atomic mass is 10.1. The van der Waals surface area contributed by atoms with Crippen LogP contribution in [0.15, 0.2) is 36.4 Å². The average Bonchev–Trinajstić information content (AvgIpc) is 2.70. The zero-order valence-electron chi connectivity index (χ0n) is 16.3. The van der Waals surface area contributed by atoms with Crippen LogP contribution in [0.1, 0.15) is 15.9 Å². The van der Waals surface area contributed by atoms with Crippen molar-refractivity contribution in [2.75, 3.05) is 31.3 Å². The van der Waals surface area contributed by atoms with Crippen molar-refractivity contribution in [3.05, 3.63) is 57.6 Å². The Morgan fingerprint density at radius 3 is 2.53 bits per heavy atom. The van der Waals surface area contributed by atoms with E-state index in [1.807, 2.05) is 13.0 Å². The molecule has 2 aromatic rings. The molecule has 4 N–H and O–H groups in total. The molecule has 0 radical (unpaired) electrons. The molecule has 0 heterocycles. The summed E-state index contributed by atoms with van der Waals surface area (Å²) in [5.41, 5.74) is 6.36. The number of benzene rings is 2. The summed E-state index contributed by atoms with van der Waals surface area (Å²) in [6.07, 6.45) is 0. The van der Waals surface area contributed by atoms with Crippen molar-refractivity contribution in [1.82, 2.24) is 5.32 Å². The SMILES string of the molecule is COc1ccc(C)cc1NC(=O)CNC(=O)COC(=O)c1cc([N+](=O)[O-])ccc1N. The van der Waals surface area contributed by atoms with Crippen LogP contribution in [0.5, 0.6) is 5.75 Å². The molecule has 0 saturated carbocycles. The number of ether oxygens (including phenoxy) is 2. The summed E-state index contributed by atoms with van der Waals surface area (Å²) in [5, 5.41) is 15.7. The molecule has 2 amide bonds. The van der Waals surface area contributed by atoms with Crippen LogP contribution in [0.25, 0.3) is 0 Å². The smallest absolute Gasteiger partial charge is 0.341 e. The number of nitro benzene ring substituents is 1. The molecule has 0 saturated heterocycles. The van der Waals surface area contributed by atoms with Crippen molar-refractivity contribution in [2.45, 2.75) is 6.92 Å². The van der Waals surface area contributed by atoms with Gasteiger partial charge in [0.25, 0.3) is 11.6 Å². The molecule has 2 rings (SSSR count). The van der Waals surface area contributed by atoms with E-state index < -0.39 is 29.3 Å². The summed E-state index contributed by atoms with van der Waals surface area (Å²) >= 11 is 0. The maximum Gasteiger partial charge on any atom is 0.341 e. The van der Waals surface area contributed by atoms with Crippen LogP contribution in [-0.4, -0.2) is 43.0 Å². The van der Waals surface area contributed by atoms with Gasteiger partial charge in [0.15, 0.2) is 6.61 Å². The molecular formula is C19H20N4O7. The first-order valence-corrected chi connectivity index (χ1v) is 8.63. The first kappa shape index (κ1) is 22.1. The van der Waals surface area contributed by atoms with Crippen LogP contribution in [0.4, 0.5) is 17.1 Å². The van der Waals surface area contributed by atoms with E-state index in [0.717, 1.165) is 17.7 Å². The van der Waals surface area contributed by atoms with E-state index in [-0.39, 0.29) is 23.5 Å². The van der Waals surface area contributed by atoms with Crippen LogP contribution in [-0.2, 0) is 14.3 Å². The fourth-order valence-electron chi connectivity index (χ4n) is 2.39. The Morgan fingerprint density at radius 2 is 1.87 bits per heavy atom. The Hall–Kier alpha value is -4.15. The highest BCUT2D eigenvalue weighted by Crippen LogP contribution is 2.25. The highest BCUT2D eigenvalue weighted by atomic mass is 16.6. The number of aryl methyl sites for hydroxylation is 1. The van der Waals surface area contributed by atoms with E-state index in [9.17, 15) is 24.5 Å². The number of non-ortho nitro benzene ring substituents is 1. The number of nitrogen functional groups attached to an aromatic ring is 1. The maximum atomic E-state index is 12.0. The van der Waals surface area contributed by atoms with Crippen molar-refractivity contribution < 1.29 is 28.8 Å². The first-order chi connectivity index (χ1) is 14.2. The zero-order chi connectivity index (χ0) is 22.3. The second kappa shape index (κ2) is 9.87. The number of anilines is 2. The Kier molecular flexibility index (Phi) is 7.28. The molecule has 11 nitrogen and oxygen atoms in total. The van der Waals surface area contributed by atoms with Gasteiger partial charge >= 0.3 is 5.97 Å². The van der Waals surface area contributed by atoms with Crippen molar-refractivity contribution >= 4 is 34.8 Å². The molecule has 0 bridgehead atoms. The first-order valence-electron chi connectivity index (χ1n) is 8.63. The molecule has 30 heavy (non-hydrogen) atoms. The summed E-state index contributed by atoms with van der Waals surface area (Å²) in [4.78, 5) is 46.0. The second-order valence-electron chi connectivity index (χ2n) is 6.13. The number of nitro groups is 1. The number of hydrogen-bond donors (Lipinski definition) is 3. The topological polar surface area (TPSA) is 163 Å². The van der Waals surface area contributed by atoms with Crippen LogP contribution >= 0.6 is 0 Å². The van der Waals surface area contributed by atoms with Gasteiger partial charge < -0.3 is 25.8 Å². The monoisotopic (exact) mass is 416 g/mol. The summed E-state index contributed by atoms with van der Waals surface area (Å²) in [6.45, 7) is 0.785. The van der Waals surface area contributed by atoms with Gasteiger partial charge in [0.2, 0.25) is 5.91 Å². The minimum Gasteiger partial charge on any atom is -0.495 e. The van der Waals surface area contributed by atoms with Gasteiger partial charge in [-0.05, 0) is 30.7 Å². The minimum absolute atomic E-state index is 0.0301. The summed E-state index contributed by atoms with van der Waals surface area (Å²) in [5.74, 6) is -1.79. The highest BCUT2D eigenvalue weighted by Gasteiger charge is 2.18. The number of rotatable bonds is 8. The second-order valence-corrected chi connectivity index (χ2v) is 6.13. The number of esters is 1. The third-order valence-corrected chi connectivity index (χ3v) is 3.88. The van der Waals surface area contributed by atoms with Crippen molar-refractivity contribution in [3.8, 4) is 5.75 Å². The van der Waals surface area contributed by atoms with Gasteiger partial charge in [0, 0.05) is 17.8 Å². The molecular weight excluding hydrogens is 396 g/mol. The van der Waals surface area contributed by atoms with E-state index in [4.69, 9.17) is 15.2 Å². The fourth-order valence-corrected chi connectivity index (χ4v) is 2.39. The molecule has 0 unspecified atom stereocenters. The molecule has 0 aliphatic rings. The van der Waals surface area contributed by atoms with Crippen molar-refractivity contribution in [2.24, 2.45) is 0 Å². The molecule has 11 heteroatoms. The van der Waals surface area contributed by atoms with Crippen LogP contribution < -0.4 is 21.1 Å².